The average molecular weight is 448 g/mol. The highest BCUT2D eigenvalue weighted by Gasteiger charge is 2.21. The standard InChI is InChI=1S/C16H19BrINO/c1-4-7-19-16(13-8-10(2)20-11(13)3)14-9-12(18)5-6-15(14)17/h5-6,8-9,16,19H,4,7H2,1-3H3. The third-order valence-electron chi connectivity index (χ3n) is 3.26. The molecule has 2 rings (SSSR count). The van der Waals surface area contributed by atoms with Crippen molar-refractivity contribution in [2.75, 3.05) is 6.54 Å². The summed E-state index contributed by atoms with van der Waals surface area (Å²) >= 11 is 6.03. The predicted octanol–water partition coefficient (Wildman–Crippen LogP) is 5.35. The van der Waals surface area contributed by atoms with Crippen LogP contribution in [0.3, 0.4) is 0 Å². The largest absolute Gasteiger partial charge is 0.466 e. The summed E-state index contributed by atoms with van der Waals surface area (Å²) < 4.78 is 8.08. The summed E-state index contributed by atoms with van der Waals surface area (Å²) in [7, 11) is 0. The molecule has 20 heavy (non-hydrogen) atoms. The highest BCUT2D eigenvalue weighted by molar-refractivity contribution is 14.1. The molecular formula is C16H19BrINO. The average Bonchev–Trinajstić information content (AvgIpc) is 2.73. The lowest BCUT2D eigenvalue weighted by atomic mass is 9.99. The fourth-order valence-corrected chi connectivity index (χ4v) is 3.34. The van der Waals surface area contributed by atoms with Gasteiger partial charge in [-0.15, -0.1) is 0 Å². The molecular weight excluding hydrogens is 429 g/mol. The first kappa shape index (κ1) is 16.0. The number of rotatable bonds is 5. The minimum atomic E-state index is 0.163. The topological polar surface area (TPSA) is 25.2 Å². The quantitative estimate of drug-likeness (QED) is 0.624. The molecule has 1 heterocycles. The number of furan rings is 1. The number of aryl methyl sites for hydroxylation is 2. The van der Waals surface area contributed by atoms with Crippen molar-refractivity contribution in [3.63, 3.8) is 0 Å². The van der Waals surface area contributed by atoms with E-state index in [-0.39, 0.29) is 6.04 Å². The van der Waals surface area contributed by atoms with Gasteiger partial charge in [-0.25, -0.2) is 0 Å². The Bertz CT molecular complexity index is 594. The molecule has 0 bridgehead atoms. The fraction of sp³-hybridized carbons (Fsp3) is 0.375. The zero-order valence-corrected chi connectivity index (χ0v) is 15.7. The summed E-state index contributed by atoms with van der Waals surface area (Å²) in [5.41, 5.74) is 2.48. The van der Waals surface area contributed by atoms with Crippen molar-refractivity contribution in [2.24, 2.45) is 0 Å². The lowest BCUT2D eigenvalue weighted by Crippen LogP contribution is -2.23. The molecule has 1 unspecified atom stereocenters. The Kier molecular flexibility index (Phi) is 5.69. The first-order valence-corrected chi connectivity index (χ1v) is 8.65. The number of benzene rings is 1. The van der Waals surface area contributed by atoms with E-state index in [9.17, 15) is 0 Å². The monoisotopic (exact) mass is 447 g/mol. The van der Waals surface area contributed by atoms with E-state index >= 15 is 0 Å². The summed E-state index contributed by atoms with van der Waals surface area (Å²) in [4.78, 5) is 0. The van der Waals surface area contributed by atoms with E-state index in [1.807, 2.05) is 13.8 Å². The summed E-state index contributed by atoms with van der Waals surface area (Å²) in [5.74, 6) is 1.95. The van der Waals surface area contributed by atoms with Gasteiger partial charge in [0, 0.05) is 13.6 Å². The molecule has 1 aromatic carbocycles. The number of halogens is 2. The van der Waals surface area contributed by atoms with Crippen LogP contribution in [0.15, 0.2) is 33.2 Å². The van der Waals surface area contributed by atoms with Gasteiger partial charge in [-0.05, 0) is 79.2 Å². The van der Waals surface area contributed by atoms with Crippen molar-refractivity contribution in [3.8, 4) is 0 Å². The second-order valence-electron chi connectivity index (χ2n) is 4.92. The molecule has 2 nitrogen and oxygen atoms in total. The van der Waals surface area contributed by atoms with Crippen molar-refractivity contribution >= 4 is 38.5 Å². The van der Waals surface area contributed by atoms with Gasteiger partial charge in [0.1, 0.15) is 11.5 Å². The zero-order valence-electron chi connectivity index (χ0n) is 12.0. The van der Waals surface area contributed by atoms with Gasteiger partial charge in [0.25, 0.3) is 0 Å². The van der Waals surface area contributed by atoms with Crippen LogP contribution >= 0.6 is 38.5 Å². The Hall–Kier alpha value is -0.330. The second-order valence-corrected chi connectivity index (χ2v) is 7.02. The van der Waals surface area contributed by atoms with Crippen LogP contribution in [0, 0.1) is 17.4 Å². The zero-order chi connectivity index (χ0) is 14.7. The van der Waals surface area contributed by atoms with Gasteiger partial charge in [0.2, 0.25) is 0 Å². The predicted molar refractivity (Wildman–Crippen MR) is 95.2 cm³/mol. The molecule has 4 heteroatoms. The van der Waals surface area contributed by atoms with Crippen LogP contribution in [0.25, 0.3) is 0 Å². The third-order valence-corrected chi connectivity index (χ3v) is 4.65. The van der Waals surface area contributed by atoms with Crippen molar-refractivity contribution in [3.05, 3.63) is 55.0 Å². The molecule has 108 valence electrons. The first-order chi connectivity index (χ1) is 9.52. The van der Waals surface area contributed by atoms with Crippen LogP contribution in [0.5, 0.6) is 0 Å². The van der Waals surface area contributed by atoms with Gasteiger partial charge >= 0.3 is 0 Å². The van der Waals surface area contributed by atoms with E-state index in [0.29, 0.717) is 0 Å². The lowest BCUT2D eigenvalue weighted by molar-refractivity contribution is 0.493. The Morgan fingerprint density at radius 1 is 1.25 bits per heavy atom. The molecule has 0 aliphatic carbocycles. The van der Waals surface area contributed by atoms with Crippen LogP contribution in [-0.2, 0) is 0 Å². The number of hydrogen-bond donors (Lipinski definition) is 1. The van der Waals surface area contributed by atoms with E-state index in [4.69, 9.17) is 4.42 Å². The van der Waals surface area contributed by atoms with Crippen molar-refractivity contribution in [1.29, 1.82) is 0 Å². The van der Waals surface area contributed by atoms with Gasteiger partial charge in [0.15, 0.2) is 0 Å². The van der Waals surface area contributed by atoms with Gasteiger partial charge in [-0.2, -0.15) is 0 Å². The molecule has 0 amide bonds. The molecule has 1 N–H and O–H groups in total. The molecule has 0 saturated heterocycles. The maximum atomic E-state index is 5.71. The van der Waals surface area contributed by atoms with Crippen molar-refractivity contribution in [2.45, 2.75) is 33.2 Å². The van der Waals surface area contributed by atoms with Gasteiger partial charge in [-0.1, -0.05) is 22.9 Å². The Morgan fingerprint density at radius 2 is 2.00 bits per heavy atom. The normalized spacial score (nSPS) is 12.7. The second kappa shape index (κ2) is 7.09. The Morgan fingerprint density at radius 3 is 2.60 bits per heavy atom. The number of nitrogens with one attached hydrogen (secondary N) is 1. The van der Waals surface area contributed by atoms with E-state index in [1.165, 1.54) is 14.7 Å². The van der Waals surface area contributed by atoms with Crippen LogP contribution in [0.2, 0.25) is 0 Å². The van der Waals surface area contributed by atoms with E-state index in [0.717, 1.165) is 29.0 Å². The molecule has 0 aliphatic heterocycles. The number of hydrogen-bond acceptors (Lipinski definition) is 2. The molecule has 0 fully saturated rings. The lowest BCUT2D eigenvalue weighted by Gasteiger charge is -2.20. The summed E-state index contributed by atoms with van der Waals surface area (Å²) in [6, 6.07) is 8.74. The minimum absolute atomic E-state index is 0.163. The van der Waals surface area contributed by atoms with E-state index < -0.39 is 0 Å². The molecule has 1 atom stereocenters. The maximum Gasteiger partial charge on any atom is 0.106 e. The molecule has 0 aliphatic rings. The SMILES string of the molecule is CCCNC(c1cc(I)ccc1Br)c1cc(C)oc1C. The third kappa shape index (κ3) is 3.65. The Labute approximate surface area is 142 Å². The van der Waals surface area contributed by atoms with Crippen LogP contribution in [0.4, 0.5) is 0 Å². The maximum absolute atomic E-state index is 5.71. The van der Waals surface area contributed by atoms with Gasteiger partial charge in [0.05, 0.1) is 6.04 Å². The van der Waals surface area contributed by atoms with Gasteiger partial charge < -0.3 is 9.73 Å². The fourth-order valence-electron chi connectivity index (χ4n) is 2.35. The molecule has 0 saturated carbocycles. The highest BCUT2D eigenvalue weighted by atomic mass is 127. The minimum Gasteiger partial charge on any atom is -0.466 e. The molecule has 0 spiro atoms. The van der Waals surface area contributed by atoms with Crippen LogP contribution < -0.4 is 5.32 Å². The molecule has 1 aromatic heterocycles. The van der Waals surface area contributed by atoms with E-state index in [2.05, 4.69) is 75.0 Å². The molecule has 2 aromatic rings. The Balaban J connectivity index is 2.46. The summed E-state index contributed by atoms with van der Waals surface area (Å²) in [6.45, 7) is 7.19. The summed E-state index contributed by atoms with van der Waals surface area (Å²) in [5, 5.41) is 3.63. The van der Waals surface area contributed by atoms with Crippen LogP contribution in [0.1, 0.15) is 42.0 Å². The van der Waals surface area contributed by atoms with Gasteiger partial charge in [-0.3, -0.25) is 0 Å². The smallest absolute Gasteiger partial charge is 0.106 e. The van der Waals surface area contributed by atoms with Crippen molar-refractivity contribution in [1.82, 2.24) is 5.32 Å². The highest BCUT2D eigenvalue weighted by Crippen LogP contribution is 2.33. The van der Waals surface area contributed by atoms with Crippen molar-refractivity contribution < 1.29 is 4.42 Å². The van der Waals surface area contributed by atoms with E-state index in [1.54, 1.807) is 0 Å². The first-order valence-electron chi connectivity index (χ1n) is 6.78. The summed E-state index contributed by atoms with van der Waals surface area (Å²) in [6.07, 6.45) is 1.11. The molecule has 0 radical (unpaired) electrons. The van der Waals surface area contributed by atoms with Crippen LogP contribution in [-0.4, -0.2) is 6.54 Å².